The molecule has 0 saturated carbocycles. The Balaban J connectivity index is 1.86. The third-order valence-corrected chi connectivity index (χ3v) is 6.35. The number of carbonyl (C=O) groups is 1. The van der Waals surface area contributed by atoms with Gasteiger partial charge in [0.25, 0.3) is 5.91 Å². The van der Waals surface area contributed by atoms with Gasteiger partial charge in [0, 0.05) is 42.9 Å². The highest BCUT2D eigenvalue weighted by atomic mass is 19.2. The van der Waals surface area contributed by atoms with Crippen LogP contribution in [0.5, 0.6) is 5.75 Å². The largest absolute Gasteiger partial charge is 0.493 e. The molecule has 0 radical (unpaired) electrons. The Bertz CT molecular complexity index is 1390. The number of halogens is 4. The van der Waals surface area contributed by atoms with Crippen LogP contribution in [0.3, 0.4) is 0 Å². The molecule has 0 bridgehead atoms. The van der Waals surface area contributed by atoms with E-state index in [1.54, 1.807) is 12.1 Å². The molecule has 1 amide bonds. The lowest BCUT2D eigenvalue weighted by molar-refractivity contribution is 0.0577. The number of amides is 1. The Kier molecular flexibility index (Phi) is 5.11. The Morgan fingerprint density at radius 1 is 0.941 bits per heavy atom. The van der Waals surface area contributed by atoms with Gasteiger partial charge in [-0.05, 0) is 30.7 Å². The molecule has 1 unspecified atom stereocenters. The fourth-order valence-corrected chi connectivity index (χ4v) is 4.64. The highest BCUT2D eigenvalue weighted by Gasteiger charge is 2.43. The van der Waals surface area contributed by atoms with Crippen LogP contribution < -0.4 is 15.2 Å². The SMILES string of the molecule is Cc1c2n(ccc1=O)N1C(CCOc3cc(F)c(F)cc3[C@H]1c1ccc(F)c(F)c1)N(C)C2=O. The van der Waals surface area contributed by atoms with Gasteiger partial charge >= 0.3 is 0 Å². The second-order valence-electron chi connectivity index (χ2n) is 8.29. The van der Waals surface area contributed by atoms with Crippen molar-refractivity contribution in [3.63, 3.8) is 0 Å². The molecule has 34 heavy (non-hydrogen) atoms. The summed E-state index contributed by atoms with van der Waals surface area (Å²) in [4.78, 5) is 27.0. The van der Waals surface area contributed by atoms with Crippen LogP contribution in [0.25, 0.3) is 0 Å². The number of pyridine rings is 1. The first-order valence-electron chi connectivity index (χ1n) is 10.5. The number of carbonyl (C=O) groups excluding carboxylic acids is 1. The molecule has 2 aliphatic rings. The number of benzene rings is 2. The molecule has 0 saturated heterocycles. The number of nitrogens with zero attached hydrogens (tertiary/aromatic N) is 3. The molecule has 6 nitrogen and oxygen atoms in total. The van der Waals surface area contributed by atoms with Crippen LogP contribution in [-0.4, -0.2) is 35.3 Å². The molecule has 10 heteroatoms. The fraction of sp³-hybridized carbons (Fsp3) is 0.250. The highest BCUT2D eigenvalue weighted by Crippen LogP contribution is 2.41. The quantitative estimate of drug-likeness (QED) is 0.507. The molecule has 176 valence electrons. The van der Waals surface area contributed by atoms with E-state index in [2.05, 4.69) is 0 Å². The van der Waals surface area contributed by atoms with E-state index < -0.39 is 41.4 Å². The Morgan fingerprint density at radius 2 is 1.65 bits per heavy atom. The van der Waals surface area contributed by atoms with Crippen LogP contribution in [0.2, 0.25) is 0 Å². The molecule has 0 spiro atoms. The summed E-state index contributed by atoms with van der Waals surface area (Å²) < 4.78 is 63.9. The van der Waals surface area contributed by atoms with Crippen molar-refractivity contribution >= 4 is 5.91 Å². The van der Waals surface area contributed by atoms with Crippen LogP contribution in [-0.2, 0) is 0 Å². The molecule has 2 aromatic carbocycles. The molecule has 0 fully saturated rings. The maximum absolute atomic E-state index is 14.5. The molecule has 2 atom stereocenters. The van der Waals surface area contributed by atoms with Crippen molar-refractivity contribution in [3.8, 4) is 5.75 Å². The lowest BCUT2D eigenvalue weighted by Gasteiger charge is -2.50. The predicted molar refractivity (Wildman–Crippen MR) is 114 cm³/mol. The van der Waals surface area contributed by atoms with E-state index in [1.165, 1.54) is 34.8 Å². The van der Waals surface area contributed by atoms with Gasteiger partial charge in [0.2, 0.25) is 0 Å². The average Bonchev–Trinajstić information content (AvgIpc) is 2.79. The molecule has 5 rings (SSSR count). The first-order chi connectivity index (χ1) is 16.2. The summed E-state index contributed by atoms with van der Waals surface area (Å²) in [6.07, 6.45) is 1.00. The summed E-state index contributed by atoms with van der Waals surface area (Å²) >= 11 is 0. The minimum atomic E-state index is -1.15. The molecule has 2 aliphatic heterocycles. The average molecular weight is 473 g/mol. The highest BCUT2D eigenvalue weighted by molar-refractivity contribution is 5.95. The third-order valence-electron chi connectivity index (χ3n) is 6.35. The number of hydrogen-bond acceptors (Lipinski definition) is 4. The van der Waals surface area contributed by atoms with Crippen LogP contribution >= 0.6 is 0 Å². The van der Waals surface area contributed by atoms with Crippen molar-refractivity contribution in [1.82, 2.24) is 9.58 Å². The summed E-state index contributed by atoms with van der Waals surface area (Å²) in [7, 11) is 1.55. The van der Waals surface area contributed by atoms with Gasteiger partial charge in [0.1, 0.15) is 23.7 Å². The summed E-state index contributed by atoms with van der Waals surface area (Å²) in [5, 5.41) is 1.68. The molecule has 0 N–H and O–H groups in total. The molecule has 1 aromatic heterocycles. The van der Waals surface area contributed by atoms with Crippen LogP contribution in [0, 0.1) is 30.2 Å². The molecule has 0 aliphatic carbocycles. The zero-order valence-electron chi connectivity index (χ0n) is 18.2. The topological polar surface area (TPSA) is 54.8 Å². The van der Waals surface area contributed by atoms with Gasteiger partial charge in [-0.3, -0.25) is 19.3 Å². The van der Waals surface area contributed by atoms with Crippen molar-refractivity contribution in [2.75, 3.05) is 18.7 Å². The van der Waals surface area contributed by atoms with Gasteiger partial charge in [-0.25, -0.2) is 17.6 Å². The van der Waals surface area contributed by atoms with Gasteiger partial charge < -0.3 is 9.64 Å². The van der Waals surface area contributed by atoms with Gasteiger partial charge in [-0.1, -0.05) is 6.07 Å². The smallest absolute Gasteiger partial charge is 0.274 e. The maximum atomic E-state index is 14.5. The molecule has 3 heterocycles. The first-order valence-corrected chi connectivity index (χ1v) is 10.5. The summed E-state index contributed by atoms with van der Waals surface area (Å²) in [5.74, 6) is -4.84. The second-order valence-corrected chi connectivity index (χ2v) is 8.29. The Hall–Kier alpha value is -3.82. The van der Waals surface area contributed by atoms with E-state index in [1.807, 2.05) is 0 Å². The minimum Gasteiger partial charge on any atom is -0.493 e. The summed E-state index contributed by atoms with van der Waals surface area (Å²) in [5.41, 5.74) is 0.307. The van der Waals surface area contributed by atoms with Crippen molar-refractivity contribution in [2.24, 2.45) is 0 Å². The lowest BCUT2D eigenvalue weighted by atomic mass is 9.94. The fourth-order valence-electron chi connectivity index (χ4n) is 4.64. The number of rotatable bonds is 1. The lowest BCUT2D eigenvalue weighted by Crippen LogP contribution is -2.62. The standard InChI is InChI=1S/C24H19F4N3O3/c1-12-19(32)5-7-30-22(12)24(33)29(2)21-6-8-34-20-11-18(28)17(27)10-14(20)23(31(21)30)13-3-4-15(25)16(26)9-13/h3-5,7,9-11,21,23H,6,8H2,1-2H3/t21?,23-/m1/s1. The third kappa shape index (κ3) is 3.24. The normalized spacial score (nSPS) is 19.5. The first kappa shape index (κ1) is 22.0. The van der Waals surface area contributed by atoms with Crippen LogP contribution in [0.4, 0.5) is 17.6 Å². The van der Waals surface area contributed by atoms with E-state index in [0.29, 0.717) is 0 Å². The zero-order chi connectivity index (χ0) is 24.3. The van der Waals surface area contributed by atoms with Crippen molar-refractivity contribution in [1.29, 1.82) is 0 Å². The Labute approximate surface area is 191 Å². The van der Waals surface area contributed by atoms with Crippen LogP contribution in [0.15, 0.2) is 47.4 Å². The zero-order valence-corrected chi connectivity index (χ0v) is 18.2. The van der Waals surface area contributed by atoms with Crippen molar-refractivity contribution in [3.05, 3.63) is 98.5 Å². The van der Waals surface area contributed by atoms with E-state index in [9.17, 15) is 27.2 Å². The summed E-state index contributed by atoms with van der Waals surface area (Å²) in [6, 6.07) is 5.36. The second kappa shape index (κ2) is 7.89. The van der Waals surface area contributed by atoms with Gasteiger partial charge in [-0.2, -0.15) is 0 Å². The van der Waals surface area contributed by atoms with Gasteiger partial charge in [0.05, 0.1) is 6.61 Å². The number of ether oxygens (including phenoxy) is 1. The van der Waals surface area contributed by atoms with E-state index in [0.717, 1.165) is 24.3 Å². The van der Waals surface area contributed by atoms with Crippen molar-refractivity contribution < 1.29 is 27.1 Å². The number of aromatic nitrogens is 1. The predicted octanol–water partition coefficient (Wildman–Crippen LogP) is 3.63. The molecule has 3 aromatic rings. The van der Waals surface area contributed by atoms with Crippen LogP contribution in [0.1, 0.15) is 39.6 Å². The Morgan fingerprint density at radius 3 is 2.38 bits per heavy atom. The number of hydrogen-bond donors (Lipinski definition) is 0. The minimum absolute atomic E-state index is 0.0333. The van der Waals surface area contributed by atoms with Gasteiger partial charge in [-0.15, -0.1) is 0 Å². The van der Waals surface area contributed by atoms with E-state index in [4.69, 9.17) is 4.74 Å². The van der Waals surface area contributed by atoms with Crippen molar-refractivity contribution in [2.45, 2.75) is 25.6 Å². The molecular weight excluding hydrogens is 454 g/mol. The van der Waals surface area contributed by atoms with E-state index >= 15 is 0 Å². The molecular formula is C24H19F4N3O3. The monoisotopic (exact) mass is 473 g/mol. The van der Waals surface area contributed by atoms with Gasteiger partial charge in [0.15, 0.2) is 28.7 Å². The van der Waals surface area contributed by atoms with E-state index in [-0.39, 0.29) is 46.6 Å². The summed E-state index contributed by atoms with van der Waals surface area (Å²) in [6.45, 7) is 1.58. The number of fused-ring (bicyclic) bond motifs is 4. The maximum Gasteiger partial charge on any atom is 0.274 e.